The number of rotatable bonds is 8. The molecule has 1 saturated heterocycles. The minimum atomic E-state index is -0.671. The van der Waals surface area contributed by atoms with E-state index >= 15 is 0 Å². The second-order valence-electron chi connectivity index (χ2n) is 8.47. The van der Waals surface area contributed by atoms with Gasteiger partial charge in [-0.05, 0) is 36.2 Å². The molecule has 1 fully saturated rings. The fourth-order valence-electron chi connectivity index (χ4n) is 3.95. The van der Waals surface area contributed by atoms with Crippen LogP contribution in [0.5, 0.6) is 0 Å². The number of methoxy groups -OCH3 is 1. The molecular formula is C25H27FN4O4S. The van der Waals surface area contributed by atoms with Crippen molar-refractivity contribution >= 4 is 34.0 Å². The fourth-order valence-corrected chi connectivity index (χ4v) is 5.05. The highest BCUT2D eigenvalue weighted by molar-refractivity contribution is 7.20. The summed E-state index contributed by atoms with van der Waals surface area (Å²) in [6.45, 7) is 2.82. The number of amides is 2. The predicted octanol–water partition coefficient (Wildman–Crippen LogP) is 3.75. The number of nitrogens with two attached hydrogens (primary N) is 1. The summed E-state index contributed by atoms with van der Waals surface area (Å²) < 4.78 is 20.2. The SMILES string of the molecule is CO[C@@H]1CCN(C(=O)c2cccc(Nc3sc(-c4ccc(C(C)CO)cc4F)cc3C(N)=O)n2)C1. The van der Waals surface area contributed by atoms with E-state index < -0.39 is 11.7 Å². The number of likely N-dealkylation sites (tertiary alicyclic amines) is 1. The molecule has 0 spiro atoms. The van der Waals surface area contributed by atoms with Crippen molar-refractivity contribution in [1.29, 1.82) is 0 Å². The smallest absolute Gasteiger partial charge is 0.272 e. The van der Waals surface area contributed by atoms with Gasteiger partial charge in [0.15, 0.2) is 0 Å². The first kappa shape index (κ1) is 24.8. The number of primary amides is 1. The summed E-state index contributed by atoms with van der Waals surface area (Å²) in [6, 6.07) is 11.3. The average molecular weight is 499 g/mol. The second-order valence-corrected chi connectivity index (χ2v) is 9.52. The van der Waals surface area contributed by atoms with Gasteiger partial charge in [0.2, 0.25) is 0 Å². The van der Waals surface area contributed by atoms with Crippen molar-refractivity contribution < 1.29 is 23.8 Å². The van der Waals surface area contributed by atoms with Gasteiger partial charge in [-0.25, -0.2) is 9.37 Å². The monoisotopic (exact) mass is 498 g/mol. The Bertz CT molecular complexity index is 1250. The maximum atomic E-state index is 14.9. The number of pyridine rings is 1. The van der Waals surface area contributed by atoms with Crippen molar-refractivity contribution in [3.8, 4) is 10.4 Å². The number of aliphatic hydroxyl groups is 1. The molecule has 2 atom stereocenters. The zero-order chi connectivity index (χ0) is 25.1. The maximum absolute atomic E-state index is 14.9. The highest BCUT2D eigenvalue weighted by atomic mass is 32.1. The molecule has 1 aliphatic heterocycles. The topological polar surface area (TPSA) is 118 Å². The number of ether oxygens (including phenoxy) is 1. The Kier molecular flexibility index (Phi) is 7.44. The highest BCUT2D eigenvalue weighted by Gasteiger charge is 2.27. The van der Waals surface area contributed by atoms with E-state index in [1.165, 1.54) is 12.1 Å². The lowest BCUT2D eigenvalue weighted by atomic mass is 9.99. The third-order valence-electron chi connectivity index (χ3n) is 6.07. The normalized spacial score (nSPS) is 16.3. The van der Waals surface area contributed by atoms with Crippen LogP contribution < -0.4 is 11.1 Å². The highest BCUT2D eigenvalue weighted by Crippen LogP contribution is 2.38. The molecule has 3 aromatic rings. The number of halogens is 1. The standard InChI is InChI=1S/C25H27FN4O4S/c1-14(13-31)15-6-7-17(19(26)10-15)21-11-18(23(27)32)24(35-21)29-22-5-3-4-20(28-22)25(33)30-9-8-16(12-30)34-2/h3-7,10-11,14,16,31H,8-9,12-13H2,1-2H3,(H2,27,32)(H,28,29)/t14?,16-/m1/s1. The molecule has 0 radical (unpaired) electrons. The van der Waals surface area contributed by atoms with Crippen LogP contribution in [0.3, 0.4) is 0 Å². The van der Waals surface area contributed by atoms with Crippen molar-refractivity contribution in [2.45, 2.75) is 25.4 Å². The third kappa shape index (κ3) is 5.34. The van der Waals surface area contributed by atoms with Crippen LogP contribution in [-0.4, -0.2) is 59.7 Å². The van der Waals surface area contributed by atoms with Gasteiger partial charge in [0.25, 0.3) is 11.8 Å². The maximum Gasteiger partial charge on any atom is 0.272 e. The Hall–Kier alpha value is -3.34. The molecule has 0 saturated carbocycles. The van der Waals surface area contributed by atoms with Gasteiger partial charge in [0.05, 0.1) is 11.7 Å². The van der Waals surface area contributed by atoms with Gasteiger partial charge in [-0.3, -0.25) is 9.59 Å². The molecule has 0 bridgehead atoms. The molecule has 1 aliphatic rings. The molecule has 8 nitrogen and oxygen atoms in total. The minimum Gasteiger partial charge on any atom is -0.396 e. The number of carbonyl (C=O) groups excluding carboxylic acids is 2. The summed E-state index contributed by atoms with van der Waals surface area (Å²) in [5.74, 6) is -1.16. The van der Waals surface area contributed by atoms with E-state index in [4.69, 9.17) is 10.5 Å². The Labute approximate surface area is 206 Å². The van der Waals surface area contributed by atoms with Gasteiger partial charge in [-0.2, -0.15) is 0 Å². The number of carbonyl (C=O) groups is 2. The van der Waals surface area contributed by atoms with E-state index in [0.29, 0.717) is 39.9 Å². The number of hydrogen-bond donors (Lipinski definition) is 3. The van der Waals surface area contributed by atoms with Crippen LogP contribution in [0, 0.1) is 5.82 Å². The van der Waals surface area contributed by atoms with Crippen molar-refractivity contribution in [2.75, 3.05) is 32.1 Å². The van der Waals surface area contributed by atoms with Crippen LogP contribution in [0.15, 0.2) is 42.5 Å². The second kappa shape index (κ2) is 10.5. The van der Waals surface area contributed by atoms with Crippen LogP contribution in [0.25, 0.3) is 10.4 Å². The average Bonchev–Trinajstić information content (AvgIpc) is 3.50. The molecular weight excluding hydrogens is 471 g/mol. The first-order chi connectivity index (χ1) is 16.8. The Morgan fingerprint density at radius 3 is 2.80 bits per heavy atom. The van der Waals surface area contributed by atoms with E-state index in [9.17, 15) is 19.1 Å². The molecule has 10 heteroatoms. The van der Waals surface area contributed by atoms with E-state index in [-0.39, 0.29) is 35.8 Å². The Balaban J connectivity index is 1.59. The van der Waals surface area contributed by atoms with E-state index in [2.05, 4.69) is 10.3 Å². The van der Waals surface area contributed by atoms with Gasteiger partial charge >= 0.3 is 0 Å². The lowest BCUT2D eigenvalue weighted by molar-refractivity contribution is 0.0719. The van der Waals surface area contributed by atoms with E-state index in [0.717, 1.165) is 17.8 Å². The third-order valence-corrected chi connectivity index (χ3v) is 7.16. The van der Waals surface area contributed by atoms with Crippen LogP contribution in [0.1, 0.15) is 45.7 Å². The van der Waals surface area contributed by atoms with Gasteiger partial charge in [0, 0.05) is 43.2 Å². The first-order valence-electron chi connectivity index (χ1n) is 11.2. The number of nitrogens with one attached hydrogen (secondary N) is 1. The number of thiophene rings is 1. The van der Waals surface area contributed by atoms with Crippen LogP contribution >= 0.6 is 11.3 Å². The van der Waals surface area contributed by atoms with Crippen molar-refractivity contribution in [3.63, 3.8) is 0 Å². The summed E-state index contributed by atoms with van der Waals surface area (Å²) in [5.41, 5.74) is 7.04. The van der Waals surface area contributed by atoms with Gasteiger partial charge in [0.1, 0.15) is 22.3 Å². The van der Waals surface area contributed by atoms with Gasteiger partial charge in [-0.1, -0.05) is 25.1 Å². The molecule has 1 unspecified atom stereocenters. The number of anilines is 2. The van der Waals surface area contributed by atoms with Crippen LogP contribution in [-0.2, 0) is 4.74 Å². The Morgan fingerprint density at radius 2 is 2.14 bits per heavy atom. The molecule has 1 aromatic carbocycles. The number of benzene rings is 1. The lowest BCUT2D eigenvalue weighted by Gasteiger charge is -2.16. The first-order valence-corrected chi connectivity index (χ1v) is 12.0. The molecule has 3 heterocycles. The largest absolute Gasteiger partial charge is 0.396 e. The summed E-state index contributed by atoms with van der Waals surface area (Å²) in [6.07, 6.45) is 0.792. The summed E-state index contributed by atoms with van der Waals surface area (Å²) in [5, 5.41) is 12.8. The lowest BCUT2D eigenvalue weighted by Crippen LogP contribution is -2.30. The van der Waals surface area contributed by atoms with Gasteiger partial charge in [-0.15, -0.1) is 11.3 Å². The van der Waals surface area contributed by atoms with Crippen molar-refractivity contribution in [3.05, 3.63) is 65.1 Å². The number of nitrogens with zero attached hydrogens (tertiary/aromatic N) is 2. The molecule has 184 valence electrons. The predicted molar refractivity (Wildman–Crippen MR) is 133 cm³/mol. The molecule has 2 aromatic heterocycles. The molecule has 4 rings (SSSR count). The van der Waals surface area contributed by atoms with Gasteiger partial charge < -0.3 is 25.8 Å². The van der Waals surface area contributed by atoms with E-state index in [1.54, 1.807) is 49.3 Å². The quantitative estimate of drug-likeness (QED) is 0.435. The molecule has 0 aliphatic carbocycles. The number of hydrogen-bond acceptors (Lipinski definition) is 7. The zero-order valence-electron chi connectivity index (χ0n) is 19.5. The Morgan fingerprint density at radius 1 is 1.34 bits per heavy atom. The molecule has 2 amide bonds. The minimum absolute atomic E-state index is 0.0178. The molecule has 35 heavy (non-hydrogen) atoms. The molecule has 4 N–H and O–H groups in total. The number of aliphatic hydroxyl groups excluding tert-OH is 1. The number of aromatic nitrogens is 1. The van der Waals surface area contributed by atoms with Crippen LogP contribution in [0.4, 0.5) is 15.2 Å². The summed E-state index contributed by atoms with van der Waals surface area (Å²) >= 11 is 1.16. The fraction of sp³-hybridized carbons (Fsp3) is 0.320. The van der Waals surface area contributed by atoms with E-state index in [1.807, 2.05) is 0 Å². The van der Waals surface area contributed by atoms with Crippen molar-refractivity contribution in [1.82, 2.24) is 9.88 Å². The van der Waals surface area contributed by atoms with Crippen molar-refractivity contribution in [2.24, 2.45) is 5.73 Å². The van der Waals surface area contributed by atoms with Crippen LogP contribution in [0.2, 0.25) is 0 Å². The summed E-state index contributed by atoms with van der Waals surface area (Å²) in [4.78, 5) is 31.6. The zero-order valence-corrected chi connectivity index (χ0v) is 20.3. The summed E-state index contributed by atoms with van der Waals surface area (Å²) in [7, 11) is 1.63.